The van der Waals surface area contributed by atoms with E-state index in [1.54, 1.807) is 5.32 Å². The lowest BCUT2D eigenvalue weighted by Gasteiger charge is -2.37. The van der Waals surface area contributed by atoms with Gasteiger partial charge in [-0.05, 0) is 30.3 Å². The molecule has 0 radical (unpaired) electrons. The van der Waals surface area contributed by atoms with Crippen LogP contribution in [0.15, 0.2) is 48.5 Å². The Labute approximate surface area is 158 Å². The first-order valence-electron chi connectivity index (χ1n) is 7.73. The van der Waals surface area contributed by atoms with E-state index in [0.717, 1.165) is 11.4 Å². The van der Waals surface area contributed by atoms with E-state index in [2.05, 4.69) is 4.74 Å². The number of benzene rings is 2. The zero-order valence-electron chi connectivity index (χ0n) is 14.2. The van der Waals surface area contributed by atoms with Gasteiger partial charge < -0.3 is 10.1 Å². The quantitative estimate of drug-likeness (QED) is 0.538. The molecule has 12 heteroatoms. The Balaban J connectivity index is 2.30. The van der Waals surface area contributed by atoms with E-state index < -0.39 is 48.0 Å². The molecule has 2 aromatic rings. The van der Waals surface area contributed by atoms with E-state index >= 15 is 0 Å². The molecular formula is C17H12F8N2O2. The van der Waals surface area contributed by atoms with E-state index in [9.17, 15) is 39.9 Å². The molecule has 2 N–H and O–H groups in total. The van der Waals surface area contributed by atoms with Crippen LogP contribution < -0.4 is 15.4 Å². The molecule has 0 spiro atoms. The SMILES string of the molecule is O=C(NCc1ccccc1F)NC(Oc1ccc(F)cc1)(C(F)(F)F)C(F)(F)F. The van der Waals surface area contributed by atoms with Crippen LogP contribution >= 0.6 is 0 Å². The summed E-state index contributed by atoms with van der Waals surface area (Å²) < 4.78 is 111. The molecule has 29 heavy (non-hydrogen) atoms. The summed E-state index contributed by atoms with van der Waals surface area (Å²) in [4.78, 5) is 11.8. The highest BCUT2D eigenvalue weighted by atomic mass is 19.4. The first-order chi connectivity index (χ1) is 13.4. The highest BCUT2D eigenvalue weighted by Gasteiger charge is 2.75. The summed E-state index contributed by atoms with van der Waals surface area (Å²) in [6.07, 6.45) is -12.3. The number of halogens is 8. The van der Waals surface area contributed by atoms with Crippen molar-refractivity contribution in [1.82, 2.24) is 10.6 Å². The summed E-state index contributed by atoms with van der Waals surface area (Å²) in [6, 6.07) is 5.09. The van der Waals surface area contributed by atoms with Crippen molar-refractivity contribution in [3.05, 3.63) is 65.7 Å². The van der Waals surface area contributed by atoms with E-state index in [1.165, 1.54) is 18.2 Å². The minimum atomic E-state index is -6.16. The molecule has 0 aliphatic carbocycles. The number of urea groups is 1. The molecule has 2 aromatic carbocycles. The predicted molar refractivity (Wildman–Crippen MR) is 83.6 cm³/mol. The largest absolute Gasteiger partial charge is 0.458 e. The van der Waals surface area contributed by atoms with Gasteiger partial charge in [0.15, 0.2) is 0 Å². The second-order valence-corrected chi connectivity index (χ2v) is 5.63. The predicted octanol–water partition coefficient (Wildman–Crippen LogP) is 4.66. The Hall–Kier alpha value is -3.05. The number of carbonyl (C=O) groups excluding carboxylic acids is 1. The fraction of sp³-hybridized carbons (Fsp3) is 0.235. The lowest BCUT2D eigenvalue weighted by atomic mass is 10.2. The second kappa shape index (κ2) is 8.13. The normalized spacial score (nSPS) is 12.4. The molecule has 0 heterocycles. The Kier molecular flexibility index (Phi) is 6.24. The number of carbonyl (C=O) groups is 1. The van der Waals surface area contributed by atoms with Crippen LogP contribution in [-0.4, -0.2) is 24.1 Å². The number of rotatable bonds is 5. The van der Waals surface area contributed by atoms with Gasteiger partial charge in [-0.25, -0.2) is 13.6 Å². The molecule has 2 amide bonds. The molecule has 0 atom stereocenters. The second-order valence-electron chi connectivity index (χ2n) is 5.63. The maximum absolute atomic E-state index is 13.5. The lowest BCUT2D eigenvalue weighted by Crippen LogP contribution is -2.72. The maximum atomic E-state index is 13.5. The molecule has 0 aliphatic heterocycles. The molecule has 0 aromatic heterocycles. The van der Waals surface area contributed by atoms with E-state index in [-0.39, 0.29) is 5.56 Å². The van der Waals surface area contributed by atoms with Crippen LogP contribution in [0.1, 0.15) is 5.56 Å². The Morgan fingerprint density at radius 3 is 1.93 bits per heavy atom. The zero-order chi connectivity index (χ0) is 21.9. The third kappa shape index (κ3) is 5.06. The molecule has 0 fully saturated rings. The topological polar surface area (TPSA) is 50.4 Å². The van der Waals surface area contributed by atoms with Gasteiger partial charge in [-0.1, -0.05) is 18.2 Å². The summed E-state index contributed by atoms with van der Waals surface area (Å²) in [5.41, 5.74) is -5.32. The molecule has 0 aliphatic rings. The van der Waals surface area contributed by atoms with E-state index in [1.807, 2.05) is 0 Å². The van der Waals surface area contributed by atoms with Gasteiger partial charge >= 0.3 is 24.1 Å². The first-order valence-corrected chi connectivity index (χ1v) is 7.73. The monoisotopic (exact) mass is 428 g/mol. The standard InChI is InChI=1S/C17H12F8N2O2/c18-11-5-7-12(8-6-11)29-15(16(20,21)22,17(23,24)25)27-14(28)26-9-10-3-1-2-4-13(10)19/h1-8H,9H2,(H2,26,27,28). The fourth-order valence-corrected chi connectivity index (χ4v) is 2.14. The van der Waals surface area contributed by atoms with Crippen molar-refractivity contribution in [3.8, 4) is 5.75 Å². The molecule has 0 saturated carbocycles. The van der Waals surface area contributed by atoms with Crippen LogP contribution in [0.5, 0.6) is 5.75 Å². The van der Waals surface area contributed by atoms with Crippen molar-refractivity contribution in [2.45, 2.75) is 24.6 Å². The van der Waals surface area contributed by atoms with Crippen molar-refractivity contribution in [3.63, 3.8) is 0 Å². The van der Waals surface area contributed by atoms with Gasteiger partial charge in [0.25, 0.3) is 0 Å². The molecule has 4 nitrogen and oxygen atoms in total. The van der Waals surface area contributed by atoms with E-state index in [0.29, 0.717) is 24.3 Å². The minimum Gasteiger partial charge on any atom is -0.451 e. The van der Waals surface area contributed by atoms with Crippen molar-refractivity contribution in [1.29, 1.82) is 0 Å². The number of amides is 2. The zero-order valence-corrected chi connectivity index (χ0v) is 14.2. The average molecular weight is 428 g/mol. The number of alkyl halides is 6. The Bertz CT molecular complexity index is 836. The smallest absolute Gasteiger partial charge is 0.451 e. The lowest BCUT2D eigenvalue weighted by molar-refractivity contribution is -0.364. The van der Waals surface area contributed by atoms with Gasteiger partial charge in [0.2, 0.25) is 0 Å². The van der Waals surface area contributed by atoms with Gasteiger partial charge in [0.1, 0.15) is 17.4 Å². The summed E-state index contributed by atoms with van der Waals surface area (Å²) in [5.74, 6) is -2.76. The molecular weight excluding hydrogens is 416 g/mol. The molecule has 158 valence electrons. The summed E-state index contributed by atoms with van der Waals surface area (Å²) in [7, 11) is 0. The Morgan fingerprint density at radius 1 is 0.862 bits per heavy atom. The minimum absolute atomic E-state index is 0.174. The van der Waals surface area contributed by atoms with Crippen LogP contribution in [0.3, 0.4) is 0 Å². The van der Waals surface area contributed by atoms with E-state index in [4.69, 9.17) is 0 Å². The number of nitrogens with one attached hydrogen (secondary N) is 2. The summed E-state index contributed by atoms with van der Waals surface area (Å²) in [5, 5.41) is 2.43. The molecule has 2 rings (SSSR count). The first kappa shape index (κ1) is 22.2. The highest BCUT2D eigenvalue weighted by molar-refractivity contribution is 5.75. The Morgan fingerprint density at radius 2 is 1.41 bits per heavy atom. The van der Waals surface area contributed by atoms with Crippen LogP contribution in [0, 0.1) is 11.6 Å². The van der Waals surface area contributed by atoms with Crippen LogP contribution in [0.4, 0.5) is 39.9 Å². The number of hydrogen-bond donors (Lipinski definition) is 2. The maximum Gasteiger partial charge on any atom is 0.458 e. The molecule has 0 saturated heterocycles. The van der Waals surface area contributed by atoms with Crippen LogP contribution in [0.2, 0.25) is 0 Å². The average Bonchev–Trinajstić information content (AvgIpc) is 2.60. The van der Waals surface area contributed by atoms with Crippen molar-refractivity contribution in [2.75, 3.05) is 0 Å². The van der Waals surface area contributed by atoms with Crippen LogP contribution in [0.25, 0.3) is 0 Å². The number of ether oxygens (including phenoxy) is 1. The van der Waals surface area contributed by atoms with Crippen LogP contribution in [-0.2, 0) is 6.54 Å². The number of hydrogen-bond acceptors (Lipinski definition) is 2. The highest BCUT2D eigenvalue weighted by Crippen LogP contribution is 2.44. The third-order valence-electron chi connectivity index (χ3n) is 3.57. The van der Waals surface area contributed by atoms with Crippen molar-refractivity contribution < 1.29 is 44.7 Å². The van der Waals surface area contributed by atoms with Gasteiger partial charge in [0.05, 0.1) is 0 Å². The van der Waals surface area contributed by atoms with Gasteiger partial charge in [-0.15, -0.1) is 0 Å². The van der Waals surface area contributed by atoms with Gasteiger partial charge in [0, 0.05) is 12.1 Å². The molecule has 0 unspecified atom stereocenters. The summed E-state index contributed by atoms with van der Waals surface area (Å²) >= 11 is 0. The third-order valence-corrected chi connectivity index (χ3v) is 3.57. The van der Waals surface area contributed by atoms with Crippen molar-refractivity contribution in [2.24, 2.45) is 0 Å². The molecule has 0 bridgehead atoms. The fourth-order valence-electron chi connectivity index (χ4n) is 2.14. The van der Waals surface area contributed by atoms with Crippen molar-refractivity contribution >= 4 is 6.03 Å². The summed E-state index contributed by atoms with van der Waals surface area (Å²) in [6.45, 7) is -0.694. The van der Waals surface area contributed by atoms with Gasteiger partial charge in [-0.2, -0.15) is 26.3 Å². The van der Waals surface area contributed by atoms with Gasteiger partial charge in [-0.3, -0.25) is 5.32 Å².